The quantitative estimate of drug-likeness (QED) is 0.162. The van der Waals surface area contributed by atoms with Gasteiger partial charge in [-0.15, -0.1) is 0 Å². The van der Waals surface area contributed by atoms with Gasteiger partial charge < -0.3 is 0 Å². The highest BCUT2D eigenvalue weighted by Gasteiger charge is 2.35. The first-order chi connectivity index (χ1) is 28.0. The molecular formula is C51H36N6. The fraction of sp³-hybridized carbons (Fsp3) is 0.0588. The van der Waals surface area contributed by atoms with Crippen molar-refractivity contribution in [2.45, 2.75) is 19.3 Å². The Morgan fingerprint density at radius 3 is 1.16 bits per heavy atom. The molecule has 0 aliphatic heterocycles. The first kappa shape index (κ1) is 34.1. The second kappa shape index (κ2) is 14.0. The van der Waals surface area contributed by atoms with Gasteiger partial charge in [-0.2, -0.15) is 0 Å². The molecule has 9 aromatic rings. The molecule has 0 atom stereocenters. The Morgan fingerprint density at radius 2 is 0.649 bits per heavy atom. The van der Waals surface area contributed by atoms with Crippen LogP contribution in [-0.2, 0) is 5.41 Å². The molecule has 0 unspecified atom stereocenters. The van der Waals surface area contributed by atoms with E-state index in [1.165, 1.54) is 27.8 Å². The predicted molar refractivity (Wildman–Crippen MR) is 229 cm³/mol. The standard InChI is InChI=1S/C51H36N6/c1-51(2)49-12-4-3-11-47(49)48-14-13-37(22-50(48)51)40-18-38(33-7-5-9-35(15-33)41-20-43(25-52-23-41)45-27-54-31-55-28-45)17-39(19-40)34-8-6-10-36(16-34)42-21-44(26-53-24-42)46-29-56-32-57-30-46/h3-32H,1-2H3. The van der Waals surface area contributed by atoms with Crippen molar-refractivity contribution in [1.29, 1.82) is 0 Å². The van der Waals surface area contributed by atoms with Gasteiger partial charge in [0.15, 0.2) is 0 Å². The van der Waals surface area contributed by atoms with Gasteiger partial charge >= 0.3 is 0 Å². The number of aromatic nitrogens is 6. The molecular weight excluding hydrogens is 697 g/mol. The van der Waals surface area contributed by atoms with Gasteiger partial charge in [-0.25, -0.2) is 19.9 Å². The third kappa shape index (κ3) is 6.37. The van der Waals surface area contributed by atoms with Gasteiger partial charge in [-0.1, -0.05) is 86.6 Å². The minimum Gasteiger partial charge on any atom is -0.263 e. The lowest BCUT2D eigenvalue weighted by Gasteiger charge is -2.22. The Kier molecular flexibility index (Phi) is 8.37. The maximum absolute atomic E-state index is 4.59. The van der Waals surface area contributed by atoms with Gasteiger partial charge in [0.25, 0.3) is 0 Å². The molecule has 270 valence electrons. The summed E-state index contributed by atoms with van der Waals surface area (Å²) in [5, 5.41) is 0. The number of nitrogens with zero attached hydrogens (tertiary/aromatic N) is 6. The Morgan fingerprint density at radius 1 is 0.281 bits per heavy atom. The van der Waals surface area contributed by atoms with Crippen molar-refractivity contribution < 1.29 is 0 Å². The number of pyridine rings is 2. The van der Waals surface area contributed by atoms with Crippen molar-refractivity contribution in [2.24, 2.45) is 0 Å². The molecule has 4 aromatic heterocycles. The van der Waals surface area contributed by atoms with Crippen LogP contribution in [0.5, 0.6) is 0 Å². The normalized spacial score (nSPS) is 12.5. The molecule has 1 aliphatic carbocycles. The lowest BCUT2D eigenvalue weighted by atomic mass is 9.81. The molecule has 6 nitrogen and oxygen atoms in total. The molecule has 4 heterocycles. The average molecular weight is 733 g/mol. The first-order valence-electron chi connectivity index (χ1n) is 19.0. The summed E-state index contributed by atoms with van der Waals surface area (Å²) in [6.07, 6.45) is 17.9. The van der Waals surface area contributed by atoms with Crippen LogP contribution >= 0.6 is 0 Å². The monoisotopic (exact) mass is 732 g/mol. The number of rotatable bonds is 7. The SMILES string of the molecule is CC1(C)c2ccccc2-c2ccc(-c3cc(-c4cccc(-c5cncc(-c6cncnc6)c5)c4)cc(-c4cccc(-c5cncc(-c6cncnc6)c5)c4)c3)cc21. The Balaban J connectivity index is 1.10. The highest BCUT2D eigenvalue weighted by molar-refractivity contribution is 5.88. The van der Waals surface area contributed by atoms with E-state index >= 15 is 0 Å². The molecule has 0 saturated heterocycles. The first-order valence-corrected chi connectivity index (χ1v) is 19.0. The van der Waals surface area contributed by atoms with E-state index in [0.29, 0.717) is 0 Å². The maximum Gasteiger partial charge on any atom is 0.115 e. The van der Waals surface area contributed by atoms with Crippen LogP contribution in [0.4, 0.5) is 0 Å². The molecule has 0 saturated carbocycles. The van der Waals surface area contributed by atoms with Crippen LogP contribution in [0.2, 0.25) is 0 Å². The highest BCUT2D eigenvalue weighted by atomic mass is 14.8. The van der Waals surface area contributed by atoms with Crippen LogP contribution in [0.3, 0.4) is 0 Å². The van der Waals surface area contributed by atoms with Crippen LogP contribution in [0.25, 0.3) is 89.0 Å². The fourth-order valence-corrected chi connectivity index (χ4v) is 8.18. The summed E-state index contributed by atoms with van der Waals surface area (Å²) >= 11 is 0. The van der Waals surface area contributed by atoms with Crippen LogP contribution in [0.15, 0.2) is 184 Å². The van der Waals surface area contributed by atoms with Crippen molar-refractivity contribution >= 4 is 0 Å². The zero-order chi connectivity index (χ0) is 38.3. The molecule has 10 rings (SSSR count). The number of benzene rings is 5. The lowest BCUT2D eigenvalue weighted by Crippen LogP contribution is -2.14. The number of hydrogen-bond acceptors (Lipinski definition) is 6. The summed E-state index contributed by atoms with van der Waals surface area (Å²) in [7, 11) is 0. The van der Waals surface area contributed by atoms with Crippen molar-refractivity contribution in [3.05, 3.63) is 195 Å². The minimum absolute atomic E-state index is 0.103. The Hall–Kier alpha value is -7.44. The van der Waals surface area contributed by atoms with Crippen molar-refractivity contribution in [3.8, 4) is 89.0 Å². The van der Waals surface area contributed by atoms with Crippen LogP contribution in [0.1, 0.15) is 25.0 Å². The number of hydrogen-bond donors (Lipinski definition) is 0. The summed E-state index contributed by atoms with van der Waals surface area (Å²) in [4.78, 5) is 26.0. The minimum atomic E-state index is -0.103. The molecule has 0 spiro atoms. The topological polar surface area (TPSA) is 77.3 Å². The van der Waals surface area contributed by atoms with E-state index in [1.807, 2.05) is 49.6 Å². The van der Waals surface area contributed by atoms with Crippen LogP contribution < -0.4 is 0 Å². The van der Waals surface area contributed by atoms with Gasteiger partial charge in [-0.3, -0.25) is 9.97 Å². The van der Waals surface area contributed by atoms with Gasteiger partial charge in [0.1, 0.15) is 12.7 Å². The Labute approximate surface area is 331 Å². The molecule has 0 amide bonds. The van der Waals surface area contributed by atoms with E-state index < -0.39 is 0 Å². The van der Waals surface area contributed by atoms with Gasteiger partial charge in [-0.05, 0) is 115 Å². The molecule has 6 heteroatoms. The molecule has 1 aliphatic rings. The van der Waals surface area contributed by atoms with E-state index in [2.05, 4.69) is 165 Å². The molecule has 0 bridgehead atoms. The molecule has 57 heavy (non-hydrogen) atoms. The van der Waals surface area contributed by atoms with Crippen LogP contribution in [0, 0.1) is 0 Å². The summed E-state index contributed by atoms with van der Waals surface area (Å²) < 4.78 is 0. The van der Waals surface area contributed by atoms with Crippen molar-refractivity contribution in [1.82, 2.24) is 29.9 Å². The van der Waals surface area contributed by atoms with Gasteiger partial charge in [0, 0.05) is 88.4 Å². The second-order valence-corrected chi connectivity index (χ2v) is 15.1. The average Bonchev–Trinajstić information content (AvgIpc) is 3.52. The molecule has 0 fully saturated rings. The molecule has 5 aromatic carbocycles. The van der Waals surface area contributed by atoms with Crippen molar-refractivity contribution in [2.75, 3.05) is 0 Å². The second-order valence-electron chi connectivity index (χ2n) is 15.1. The smallest absolute Gasteiger partial charge is 0.115 e. The van der Waals surface area contributed by atoms with E-state index in [4.69, 9.17) is 0 Å². The van der Waals surface area contributed by atoms with E-state index in [9.17, 15) is 0 Å². The zero-order valence-electron chi connectivity index (χ0n) is 31.5. The Bertz CT molecular complexity index is 2790. The lowest BCUT2D eigenvalue weighted by molar-refractivity contribution is 0.660. The maximum atomic E-state index is 4.59. The molecule has 0 N–H and O–H groups in total. The highest BCUT2D eigenvalue weighted by Crippen LogP contribution is 2.50. The van der Waals surface area contributed by atoms with E-state index in [0.717, 1.165) is 72.3 Å². The summed E-state index contributed by atoms with van der Waals surface area (Å²) in [5.74, 6) is 0. The van der Waals surface area contributed by atoms with Gasteiger partial charge in [0.2, 0.25) is 0 Å². The van der Waals surface area contributed by atoms with Gasteiger partial charge in [0.05, 0.1) is 0 Å². The van der Waals surface area contributed by atoms with E-state index in [-0.39, 0.29) is 5.41 Å². The van der Waals surface area contributed by atoms with Crippen molar-refractivity contribution in [3.63, 3.8) is 0 Å². The van der Waals surface area contributed by atoms with Crippen LogP contribution in [-0.4, -0.2) is 29.9 Å². The molecule has 0 radical (unpaired) electrons. The summed E-state index contributed by atoms with van der Waals surface area (Å²) in [6, 6.07) is 44.5. The fourth-order valence-electron chi connectivity index (χ4n) is 8.18. The zero-order valence-corrected chi connectivity index (χ0v) is 31.5. The third-order valence-electron chi connectivity index (χ3n) is 11.2. The third-order valence-corrected chi connectivity index (χ3v) is 11.2. The predicted octanol–water partition coefficient (Wildman–Crippen LogP) is 12.0. The summed E-state index contributed by atoms with van der Waals surface area (Å²) in [6.45, 7) is 4.67. The van der Waals surface area contributed by atoms with E-state index in [1.54, 1.807) is 12.7 Å². The number of fused-ring (bicyclic) bond motifs is 3. The summed E-state index contributed by atoms with van der Waals surface area (Å²) in [5.41, 5.74) is 20.1. The largest absolute Gasteiger partial charge is 0.263 e.